The number of nitrogens with zero attached hydrogens (tertiary/aromatic N) is 1. The summed E-state index contributed by atoms with van der Waals surface area (Å²) < 4.78 is 57.8. The van der Waals surface area contributed by atoms with Gasteiger partial charge in [-0.2, -0.15) is 13.2 Å². The van der Waals surface area contributed by atoms with E-state index in [1.807, 2.05) is 13.8 Å². The van der Waals surface area contributed by atoms with Crippen LogP contribution in [0.3, 0.4) is 0 Å². The van der Waals surface area contributed by atoms with E-state index >= 15 is 0 Å². The maximum atomic E-state index is 14.0. The summed E-state index contributed by atoms with van der Waals surface area (Å²) in [4.78, 5) is 19.2. The van der Waals surface area contributed by atoms with E-state index in [1.54, 1.807) is 6.07 Å². The van der Waals surface area contributed by atoms with Crippen LogP contribution in [-0.2, 0) is 12.6 Å². The van der Waals surface area contributed by atoms with Crippen molar-refractivity contribution in [2.45, 2.75) is 26.4 Å². The van der Waals surface area contributed by atoms with E-state index in [9.17, 15) is 22.4 Å². The van der Waals surface area contributed by atoms with Gasteiger partial charge >= 0.3 is 12.1 Å². The van der Waals surface area contributed by atoms with Gasteiger partial charge in [0.25, 0.3) is 5.89 Å². The first kappa shape index (κ1) is 19.9. The Bertz CT molecular complexity index is 1270. The maximum Gasteiger partial charge on any atom is 0.416 e. The third-order valence-electron chi connectivity index (χ3n) is 5.00. The molecule has 5 nitrogen and oxygen atoms in total. The van der Waals surface area contributed by atoms with Crippen LogP contribution in [0.4, 0.5) is 17.6 Å². The molecule has 0 aliphatic heterocycles. The Kier molecular flexibility index (Phi) is 4.76. The van der Waals surface area contributed by atoms with Crippen molar-refractivity contribution in [3.8, 4) is 0 Å². The highest BCUT2D eigenvalue weighted by Gasteiger charge is 2.31. The van der Waals surface area contributed by atoms with Crippen molar-refractivity contribution >= 4 is 27.9 Å². The zero-order valence-corrected chi connectivity index (χ0v) is 16.1. The van der Waals surface area contributed by atoms with Crippen molar-refractivity contribution in [2.75, 3.05) is 6.54 Å². The highest BCUT2D eigenvalue weighted by atomic mass is 19.4. The molecule has 0 radical (unpaired) electrons. The maximum absolute atomic E-state index is 14.0. The van der Waals surface area contributed by atoms with Crippen LogP contribution in [-0.4, -0.2) is 22.4 Å². The summed E-state index contributed by atoms with van der Waals surface area (Å²) in [6, 6.07) is 5.93. The minimum absolute atomic E-state index is 0.0476. The molecule has 9 heteroatoms. The van der Waals surface area contributed by atoms with Gasteiger partial charge in [0.05, 0.1) is 11.1 Å². The number of aromatic amines is 1. The number of oxazole rings is 1. The zero-order chi connectivity index (χ0) is 21.6. The Hall–Kier alpha value is -3.36. The molecule has 1 amide bonds. The van der Waals surface area contributed by atoms with E-state index in [-0.39, 0.29) is 29.4 Å². The number of alkyl halides is 3. The fourth-order valence-electron chi connectivity index (χ4n) is 3.53. The molecule has 2 aromatic heterocycles. The largest absolute Gasteiger partial charge is 0.432 e. The Morgan fingerprint density at radius 3 is 2.70 bits per heavy atom. The molecule has 0 aliphatic rings. The summed E-state index contributed by atoms with van der Waals surface area (Å²) in [6.07, 6.45) is -4.08. The molecule has 4 aromatic rings. The lowest BCUT2D eigenvalue weighted by molar-refractivity contribution is -0.137. The minimum atomic E-state index is -4.51. The lowest BCUT2D eigenvalue weighted by Gasteiger charge is -2.05. The molecular formula is C21H17F4N3O2. The van der Waals surface area contributed by atoms with E-state index in [0.29, 0.717) is 11.9 Å². The van der Waals surface area contributed by atoms with Crippen molar-refractivity contribution in [3.05, 3.63) is 64.4 Å². The molecule has 0 saturated heterocycles. The van der Waals surface area contributed by atoms with Gasteiger partial charge in [-0.25, -0.2) is 9.37 Å². The molecule has 2 heterocycles. The van der Waals surface area contributed by atoms with Crippen LogP contribution >= 0.6 is 0 Å². The lowest BCUT2D eigenvalue weighted by Crippen LogP contribution is -2.26. The highest BCUT2D eigenvalue weighted by Crippen LogP contribution is 2.31. The molecule has 2 N–H and O–H groups in total. The molecule has 2 aromatic carbocycles. The SMILES string of the molecule is Cc1[nH]c2c(F)ccc(C)c2c1CCNC(=O)c1nc2cc(C(F)(F)F)ccc2o1. The average molecular weight is 419 g/mol. The molecule has 0 bridgehead atoms. The number of benzene rings is 2. The second kappa shape index (κ2) is 7.16. The molecule has 0 unspecified atom stereocenters. The fourth-order valence-corrected chi connectivity index (χ4v) is 3.53. The summed E-state index contributed by atoms with van der Waals surface area (Å²) >= 11 is 0. The first-order chi connectivity index (χ1) is 14.1. The van der Waals surface area contributed by atoms with Crippen molar-refractivity contribution in [1.82, 2.24) is 15.3 Å². The average Bonchev–Trinajstić information content (AvgIpc) is 3.25. The molecule has 156 valence electrons. The van der Waals surface area contributed by atoms with Crippen LogP contribution in [0.15, 0.2) is 34.7 Å². The van der Waals surface area contributed by atoms with Crippen molar-refractivity contribution < 1.29 is 26.8 Å². The quantitative estimate of drug-likeness (QED) is 0.455. The second-order valence-corrected chi connectivity index (χ2v) is 7.05. The van der Waals surface area contributed by atoms with Crippen LogP contribution in [0.1, 0.15) is 33.1 Å². The minimum Gasteiger partial charge on any atom is -0.432 e. The van der Waals surface area contributed by atoms with Gasteiger partial charge in [-0.15, -0.1) is 0 Å². The monoisotopic (exact) mass is 419 g/mol. The summed E-state index contributed by atoms with van der Waals surface area (Å²) in [6.45, 7) is 3.93. The van der Waals surface area contributed by atoms with Crippen LogP contribution < -0.4 is 5.32 Å². The third kappa shape index (κ3) is 3.51. The van der Waals surface area contributed by atoms with E-state index in [1.165, 1.54) is 6.07 Å². The van der Waals surface area contributed by atoms with Crippen molar-refractivity contribution in [3.63, 3.8) is 0 Å². The van der Waals surface area contributed by atoms with Crippen molar-refractivity contribution in [2.24, 2.45) is 0 Å². The van der Waals surface area contributed by atoms with E-state index in [4.69, 9.17) is 4.42 Å². The topological polar surface area (TPSA) is 70.9 Å². The van der Waals surface area contributed by atoms with Crippen LogP contribution in [0.5, 0.6) is 0 Å². The first-order valence-corrected chi connectivity index (χ1v) is 9.17. The number of aryl methyl sites for hydroxylation is 2. The smallest absolute Gasteiger partial charge is 0.416 e. The van der Waals surface area contributed by atoms with Gasteiger partial charge in [-0.1, -0.05) is 6.07 Å². The van der Waals surface area contributed by atoms with Gasteiger partial charge in [-0.3, -0.25) is 4.79 Å². The van der Waals surface area contributed by atoms with Gasteiger partial charge in [0.1, 0.15) is 11.3 Å². The second-order valence-electron chi connectivity index (χ2n) is 7.05. The van der Waals surface area contributed by atoms with E-state index in [2.05, 4.69) is 15.3 Å². The Balaban J connectivity index is 1.50. The molecular weight excluding hydrogens is 402 g/mol. The zero-order valence-electron chi connectivity index (χ0n) is 16.1. The summed E-state index contributed by atoms with van der Waals surface area (Å²) in [5.74, 6) is -1.30. The van der Waals surface area contributed by atoms with E-state index in [0.717, 1.165) is 40.4 Å². The number of fused-ring (bicyclic) bond motifs is 2. The van der Waals surface area contributed by atoms with E-state index < -0.39 is 17.6 Å². The Morgan fingerprint density at radius 2 is 1.97 bits per heavy atom. The van der Waals surface area contributed by atoms with Gasteiger partial charge in [-0.05, 0) is 55.7 Å². The molecule has 0 spiro atoms. The highest BCUT2D eigenvalue weighted by molar-refractivity contribution is 5.92. The molecule has 0 aliphatic carbocycles. The van der Waals surface area contributed by atoms with Crippen molar-refractivity contribution in [1.29, 1.82) is 0 Å². The number of halogens is 4. The number of nitrogens with one attached hydrogen (secondary N) is 2. The number of hydrogen-bond acceptors (Lipinski definition) is 3. The van der Waals surface area contributed by atoms with Gasteiger partial charge in [0.15, 0.2) is 5.58 Å². The number of carbonyl (C=O) groups is 1. The molecule has 4 rings (SSSR count). The summed E-state index contributed by atoms with van der Waals surface area (Å²) in [7, 11) is 0. The number of carbonyl (C=O) groups excluding carboxylic acids is 1. The predicted molar refractivity (Wildman–Crippen MR) is 103 cm³/mol. The predicted octanol–water partition coefficient (Wildman–Crippen LogP) is 5.06. The number of amides is 1. The Labute approximate surface area is 168 Å². The number of rotatable bonds is 4. The number of hydrogen-bond donors (Lipinski definition) is 2. The number of H-pyrrole nitrogens is 1. The van der Waals surface area contributed by atoms with Crippen LogP contribution in [0, 0.1) is 19.7 Å². The molecule has 0 atom stereocenters. The van der Waals surface area contributed by atoms with Gasteiger partial charge < -0.3 is 14.7 Å². The molecule has 0 saturated carbocycles. The van der Waals surface area contributed by atoms with Gasteiger partial charge in [0, 0.05) is 17.6 Å². The third-order valence-corrected chi connectivity index (χ3v) is 5.00. The first-order valence-electron chi connectivity index (χ1n) is 9.17. The Morgan fingerprint density at radius 1 is 1.20 bits per heavy atom. The number of aromatic nitrogens is 2. The fraction of sp³-hybridized carbons (Fsp3) is 0.238. The molecule has 0 fully saturated rings. The summed E-state index contributed by atoms with van der Waals surface area (Å²) in [5.41, 5.74) is 2.20. The lowest BCUT2D eigenvalue weighted by atomic mass is 10.0. The summed E-state index contributed by atoms with van der Waals surface area (Å²) in [5, 5.41) is 3.42. The standard InChI is InChI=1S/C21H17F4N3O2/c1-10-3-5-14(22)18-17(10)13(11(2)27-18)7-8-26-19(29)20-28-15-9-12(21(23,24)25)4-6-16(15)30-20/h3-6,9,27H,7-8H2,1-2H3,(H,26,29). The normalized spacial score (nSPS) is 12.1. The van der Waals surface area contributed by atoms with Gasteiger partial charge in [0.2, 0.25) is 0 Å². The molecule has 30 heavy (non-hydrogen) atoms. The van der Waals surface area contributed by atoms with Crippen LogP contribution in [0.25, 0.3) is 22.0 Å². The van der Waals surface area contributed by atoms with Crippen LogP contribution in [0.2, 0.25) is 0 Å².